The Labute approximate surface area is 116 Å². The summed E-state index contributed by atoms with van der Waals surface area (Å²) >= 11 is 0. The summed E-state index contributed by atoms with van der Waals surface area (Å²) in [6.45, 7) is 1.34. The standard InChI is InChI=1S/C15H16FN3O/c16-14-5-1-4-13(12-14)6-7-15(20)17-8-2-10-19-11-3-9-18-19/h1,3-7,9,11-12H,2,8,10H2,(H,17,20). The highest BCUT2D eigenvalue weighted by Crippen LogP contribution is 2.04. The molecule has 1 aromatic heterocycles. The summed E-state index contributed by atoms with van der Waals surface area (Å²) in [5.74, 6) is -0.499. The van der Waals surface area contributed by atoms with E-state index in [4.69, 9.17) is 0 Å². The number of amides is 1. The molecule has 0 unspecified atom stereocenters. The fourth-order valence-corrected chi connectivity index (χ4v) is 1.73. The van der Waals surface area contributed by atoms with Crippen molar-refractivity contribution in [3.05, 3.63) is 60.2 Å². The summed E-state index contributed by atoms with van der Waals surface area (Å²) < 4.78 is 14.7. The second-order valence-corrected chi connectivity index (χ2v) is 4.30. The van der Waals surface area contributed by atoms with Crippen LogP contribution in [-0.4, -0.2) is 22.2 Å². The van der Waals surface area contributed by atoms with Crippen molar-refractivity contribution in [2.45, 2.75) is 13.0 Å². The van der Waals surface area contributed by atoms with E-state index in [2.05, 4.69) is 10.4 Å². The lowest BCUT2D eigenvalue weighted by Gasteiger charge is -2.02. The van der Waals surface area contributed by atoms with Gasteiger partial charge in [-0.15, -0.1) is 0 Å². The van der Waals surface area contributed by atoms with Gasteiger partial charge in [0.1, 0.15) is 5.82 Å². The molecule has 1 heterocycles. The SMILES string of the molecule is O=C(C=Cc1cccc(F)c1)NCCCn1cccn1. The molecule has 1 amide bonds. The van der Waals surface area contributed by atoms with Crippen LogP contribution in [0.25, 0.3) is 6.08 Å². The van der Waals surface area contributed by atoms with E-state index in [1.807, 2.05) is 16.9 Å². The van der Waals surface area contributed by atoms with E-state index in [9.17, 15) is 9.18 Å². The van der Waals surface area contributed by atoms with Gasteiger partial charge in [0, 0.05) is 31.6 Å². The van der Waals surface area contributed by atoms with Crippen LogP contribution in [0, 0.1) is 5.82 Å². The van der Waals surface area contributed by atoms with E-state index in [0.717, 1.165) is 13.0 Å². The highest BCUT2D eigenvalue weighted by molar-refractivity contribution is 5.91. The van der Waals surface area contributed by atoms with Crippen LogP contribution < -0.4 is 5.32 Å². The van der Waals surface area contributed by atoms with Gasteiger partial charge in [0.15, 0.2) is 0 Å². The van der Waals surface area contributed by atoms with Crippen molar-refractivity contribution in [1.82, 2.24) is 15.1 Å². The van der Waals surface area contributed by atoms with Gasteiger partial charge in [0.2, 0.25) is 5.91 Å². The summed E-state index contributed by atoms with van der Waals surface area (Å²) in [4.78, 5) is 11.5. The zero-order valence-electron chi connectivity index (χ0n) is 11.0. The van der Waals surface area contributed by atoms with Crippen LogP contribution in [-0.2, 0) is 11.3 Å². The fourth-order valence-electron chi connectivity index (χ4n) is 1.73. The number of hydrogen-bond donors (Lipinski definition) is 1. The van der Waals surface area contributed by atoms with E-state index in [1.165, 1.54) is 18.2 Å². The molecule has 0 saturated heterocycles. The maximum Gasteiger partial charge on any atom is 0.244 e. The van der Waals surface area contributed by atoms with Crippen molar-refractivity contribution < 1.29 is 9.18 Å². The number of carbonyl (C=O) groups is 1. The van der Waals surface area contributed by atoms with Gasteiger partial charge in [0.05, 0.1) is 0 Å². The fraction of sp³-hybridized carbons (Fsp3) is 0.200. The largest absolute Gasteiger partial charge is 0.352 e. The molecule has 0 saturated carbocycles. The van der Waals surface area contributed by atoms with E-state index >= 15 is 0 Å². The first-order chi connectivity index (χ1) is 9.74. The molecule has 1 aromatic carbocycles. The molecule has 4 nitrogen and oxygen atoms in total. The second kappa shape index (κ2) is 7.23. The normalized spacial score (nSPS) is 10.8. The molecule has 0 fully saturated rings. The minimum absolute atomic E-state index is 0.185. The second-order valence-electron chi connectivity index (χ2n) is 4.30. The van der Waals surface area contributed by atoms with Crippen LogP contribution in [0.4, 0.5) is 4.39 Å². The van der Waals surface area contributed by atoms with E-state index in [-0.39, 0.29) is 11.7 Å². The molecule has 1 N–H and O–H groups in total. The van der Waals surface area contributed by atoms with Crippen LogP contribution >= 0.6 is 0 Å². The Morgan fingerprint density at radius 1 is 1.40 bits per heavy atom. The molecule has 20 heavy (non-hydrogen) atoms. The number of nitrogens with zero attached hydrogens (tertiary/aromatic N) is 2. The monoisotopic (exact) mass is 273 g/mol. The van der Waals surface area contributed by atoms with Gasteiger partial charge in [-0.2, -0.15) is 5.10 Å². The third-order valence-electron chi connectivity index (χ3n) is 2.70. The summed E-state index contributed by atoms with van der Waals surface area (Å²) in [5.41, 5.74) is 0.664. The van der Waals surface area contributed by atoms with Crippen molar-refractivity contribution in [3.63, 3.8) is 0 Å². The van der Waals surface area contributed by atoms with E-state index < -0.39 is 0 Å². The van der Waals surface area contributed by atoms with Crippen molar-refractivity contribution >= 4 is 12.0 Å². The van der Waals surface area contributed by atoms with Crippen molar-refractivity contribution in [2.24, 2.45) is 0 Å². The van der Waals surface area contributed by atoms with Gasteiger partial charge in [0.25, 0.3) is 0 Å². The highest BCUT2D eigenvalue weighted by atomic mass is 19.1. The predicted octanol–water partition coefficient (Wildman–Crippen LogP) is 2.24. The summed E-state index contributed by atoms with van der Waals surface area (Å²) in [5, 5.41) is 6.84. The average Bonchev–Trinajstić information content (AvgIpc) is 2.95. The Kier molecular flexibility index (Phi) is 5.06. The van der Waals surface area contributed by atoms with Crippen molar-refractivity contribution in [2.75, 3.05) is 6.54 Å². The average molecular weight is 273 g/mol. The number of nitrogens with one attached hydrogen (secondary N) is 1. The maximum absolute atomic E-state index is 12.9. The number of aryl methyl sites for hydroxylation is 1. The Morgan fingerprint density at radius 2 is 2.30 bits per heavy atom. The minimum atomic E-state index is -0.313. The quantitative estimate of drug-likeness (QED) is 0.648. The van der Waals surface area contributed by atoms with Gasteiger partial charge in [-0.05, 0) is 36.3 Å². The lowest BCUT2D eigenvalue weighted by atomic mass is 10.2. The molecule has 104 valence electrons. The molecule has 2 aromatic rings. The van der Waals surface area contributed by atoms with E-state index in [1.54, 1.807) is 24.4 Å². The van der Waals surface area contributed by atoms with Gasteiger partial charge >= 0.3 is 0 Å². The van der Waals surface area contributed by atoms with Crippen LogP contribution in [0.15, 0.2) is 48.8 Å². The van der Waals surface area contributed by atoms with Gasteiger partial charge < -0.3 is 5.32 Å². The molecule has 0 aliphatic rings. The molecule has 0 spiro atoms. The highest BCUT2D eigenvalue weighted by Gasteiger charge is 1.96. The van der Waals surface area contributed by atoms with Gasteiger partial charge in [-0.1, -0.05) is 12.1 Å². The molecule has 0 radical (unpaired) electrons. The number of aromatic nitrogens is 2. The Morgan fingerprint density at radius 3 is 3.05 bits per heavy atom. The number of rotatable bonds is 6. The first kappa shape index (κ1) is 14.0. The van der Waals surface area contributed by atoms with E-state index in [0.29, 0.717) is 12.1 Å². The number of halogens is 1. The predicted molar refractivity (Wildman–Crippen MR) is 75.3 cm³/mol. The van der Waals surface area contributed by atoms with Crippen LogP contribution in [0.3, 0.4) is 0 Å². The third-order valence-corrected chi connectivity index (χ3v) is 2.70. The minimum Gasteiger partial charge on any atom is -0.352 e. The van der Waals surface area contributed by atoms with Crippen LogP contribution in [0.5, 0.6) is 0 Å². The first-order valence-electron chi connectivity index (χ1n) is 6.43. The molecular weight excluding hydrogens is 257 g/mol. The number of hydrogen-bond acceptors (Lipinski definition) is 2. The summed E-state index contributed by atoms with van der Waals surface area (Å²) in [6, 6.07) is 7.95. The molecule has 5 heteroatoms. The third kappa shape index (κ3) is 4.68. The lowest BCUT2D eigenvalue weighted by molar-refractivity contribution is -0.116. The first-order valence-corrected chi connectivity index (χ1v) is 6.43. The Balaban J connectivity index is 1.70. The van der Waals surface area contributed by atoms with Gasteiger partial charge in [-0.25, -0.2) is 4.39 Å². The zero-order valence-corrected chi connectivity index (χ0v) is 11.0. The summed E-state index contributed by atoms with van der Waals surface area (Å²) in [6.07, 6.45) is 7.40. The maximum atomic E-state index is 12.9. The van der Waals surface area contributed by atoms with Crippen molar-refractivity contribution in [1.29, 1.82) is 0 Å². The topological polar surface area (TPSA) is 46.9 Å². The molecule has 0 atom stereocenters. The Bertz CT molecular complexity index is 579. The number of benzene rings is 1. The lowest BCUT2D eigenvalue weighted by Crippen LogP contribution is -2.23. The molecule has 0 bridgehead atoms. The molecule has 2 rings (SSSR count). The Hall–Kier alpha value is -2.43. The van der Waals surface area contributed by atoms with Crippen LogP contribution in [0.2, 0.25) is 0 Å². The van der Waals surface area contributed by atoms with Gasteiger partial charge in [-0.3, -0.25) is 9.48 Å². The zero-order chi connectivity index (χ0) is 14.2. The smallest absolute Gasteiger partial charge is 0.244 e. The molecule has 0 aliphatic heterocycles. The number of carbonyl (C=O) groups excluding carboxylic acids is 1. The molecular formula is C15H16FN3O. The van der Waals surface area contributed by atoms with Crippen molar-refractivity contribution in [3.8, 4) is 0 Å². The molecule has 0 aliphatic carbocycles. The van der Waals surface area contributed by atoms with Crippen LogP contribution in [0.1, 0.15) is 12.0 Å². The summed E-state index contributed by atoms with van der Waals surface area (Å²) in [7, 11) is 0.